The van der Waals surface area contributed by atoms with Crippen LogP contribution in [0.5, 0.6) is 0 Å². The van der Waals surface area contributed by atoms with Crippen molar-refractivity contribution >= 4 is 23.2 Å². The van der Waals surface area contributed by atoms with Crippen LogP contribution in [0.15, 0.2) is 24.3 Å². The molecule has 5 fully saturated rings. The minimum atomic E-state index is -0.464. The molecule has 1 heterocycles. The Balaban J connectivity index is 1.30. The van der Waals surface area contributed by atoms with Crippen molar-refractivity contribution < 1.29 is 14.5 Å². The highest BCUT2D eigenvalue weighted by atomic mass is 16.6. The quantitative estimate of drug-likeness (QED) is 0.619. The summed E-state index contributed by atoms with van der Waals surface area (Å²) in [6.07, 6.45) is 8.40. The number of nitro benzene ring substituents is 1. The summed E-state index contributed by atoms with van der Waals surface area (Å²) >= 11 is 0. The molecule has 0 spiro atoms. The third-order valence-corrected chi connectivity index (χ3v) is 7.65. The SMILES string of the molecule is O=C(Nc1ccc([N+](=O)[O-])cc1)C1CCCN1C(=O)C12CC3CC(CC(C3)C1)C2. The number of non-ortho nitro benzene ring substituents is 1. The van der Waals surface area contributed by atoms with Crippen molar-refractivity contribution in [2.75, 3.05) is 11.9 Å². The van der Waals surface area contributed by atoms with E-state index in [-0.39, 0.29) is 22.9 Å². The van der Waals surface area contributed by atoms with E-state index in [2.05, 4.69) is 5.32 Å². The molecule has 1 saturated heterocycles. The molecule has 4 saturated carbocycles. The lowest BCUT2D eigenvalue weighted by molar-refractivity contribution is -0.384. The van der Waals surface area contributed by atoms with Crippen molar-refractivity contribution in [1.29, 1.82) is 0 Å². The van der Waals surface area contributed by atoms with Gasteiger partial charge in [0.15, 0.2) is 0 Å². The fourth-order valence-corrected chi connectivity index (χ4v) is 6.85. The van der Waals surface area contributed by atoms with Crippen LogP contribution < -0.4 is 5.32 Å². The lowest BCUT2D eigenvalue weighted by atomic mass is 9.49. The number of carbonyl (C=O) groups excluding carboxylic acids is 2. The Morgan fingerprint density at radius 2 is 1.62 bits per heavy atom. The molecule has 5 aliphatic rings. The maximum absolute atomic E-state index is 13.7. The Kier molecular flexibility index (Phi) is 4.37. The molecule has 154 valence electrons. The summed E-state index contributed by atoms with van der Waals surface area (Å²) in [5.74, 6) is 2.10. The molecule has 1 N–H and O–H groups in total. The lowest BCUT2D eigenvalue weighted by Gasteiger charge is -2.56. The van der Waals surface area contributed by atoms with Gasteiger partial charge in [0.2, 0.25) is 11.8 Å². The third-order valence-electron chi connectivity index (χ3n) is 7.65. The number of rotatable bonds is 4. The van der Waals surface area contributed by atoms with Crippen molar-refractivity contribution in [1.82, 2.24) is 4.90 Å². The molecule has 0 aromatic heterocycles. The number of likely N-dealkylation sites (tertiary alicyclic amines) is 1. The molecular formula is C22H27N3O4. The van der Waals surface area contributed by atoms with Crippen molar-refractivity contribution in [2.45, 2.75) is 57.4 Å². The van der Waals surface area contributed by atoms with Crippen molar-refractivity contribution in [3.8, 4) is 0 Å². The normalized spacial score (nSPS) is 35.0. The first kappa shape index (κ1) is 18.6. The number of benzene rings is 1. The molecule has 4 aliphatic carbocycles. The molecule has 1 aromatic rings. The Bertz CT molecular complexity index is 815. The van der Waals surface area contributed by atoms with Crippen LogP contribution in [0.3, 0.4) is 0 Å². The second-order valence-corrected chi connectivity index (χ2v) is 9.65. The van der Waals surface area contributed by atoms with Gasteiger partial charge in [0.1, 0.15) is 6.04 Å². The number of nitrogens with zero attached hydrogens (tertiary/aromatic N) is 2. The second-order valence-electron chi connectivity index (χ2n) is 9.65. The minimum Gasteiger partial charge on any atom is -0.330 e. The molecule has 4 bridgehead atoms. The predicted octanol–water partition coefficient (Wildman–Crippen LogP) is 3.74. The molecule has 29 heavy (non-hydrogen) atoms. The standard InChI is InChI=1S/C22H27N3O4/c26-20(23-17-3-5-18(6-4-17)25(28)29)19-2-1-7-24(19)21(27)22-11-14-8-15(12-22)10-16(9-14)13-22/h3-6,14-16,19H,1-2,7-13H2,(H,23,26). The van der Waals surface area contributed by atoms with Crippen molar-refractivity contribution in [3.63, 3.8) is 0 Å². The van der Waals surface area contributed by atoms with Gasteiger partial charge in [-0.25, -0.2) is 0 Å². The van der Waals surface area contributed by atoms with Crippen LogP contribution in [0.2, 0.25) is 0 Å². The van der Waals surface area contributed by atoms with Crippen LogP contribution in [0.1, 0.15) is 51.4 Å². The topological polar surface area (TPSA) is 92.5 Å². The first-order valence-electron chi connectivity index (χ1n) is 10.8. The van der Waals surface area contributed by atoms with Gasteiger partial charge >= 0.3 is 0 Å². The Labute approximate surface area is 170 Å². The van der Waals surface area contributed by atoms with E-state index < -0.39 is 11.0 Å². The van der Waals surface area contributed by atoms with Crippen LogP contribution in [0, 0.1) is 33.3 Å². The summed E-state index contributed by atoms with van der Waals surface area (Å²) < 4.78 is 0. The van der Waals surface area contributed by atoms with Crippen LogP contribution >= 0.6 is 0 Å². The molecule has 1 aromatic carbocycles. The maximum atomic E-state index is 13.7. The van der Waals surface area contributed by atoms with Gasteiger partial charge in [-0.2, -0.15) is 0 Å². The van der Waals surface area contributed by atoms with E-state index in [4.69, 9.17) is 0 Å². The number of amides is 2. The maximum Gasteiger partial charge on any atom is 0.269 e. The first-order valence-corrected chi connectivity index (χ1v) is 10.8. The molecule has 7 heteroatoms. The van der Waals surface area contributed by atoms with E-state index >= 15 is 0 Å². The van der Waals surface area contributed by atoms with Crippen LogP contribution in [0.4, 0.5) is 11.4 Å². The predicted molar refractivity (Wildman–Crippen MR) is 107 cm³/mol. The molecule has 0 radical (unpaired) electrons. The summed E-state index contributed by atoms with van der Waals surface area (Å²) in [6.45, 7) is 0.652. The largest absolute Gasteiger partial charge is 0.330 e. The average Bonchev–Trinajstić information content (AvgIpc) is 3.16. The lowest BCUT2D eigenvalue weighted by Crippen LogP contribution is -2.56. The van der Waals surface area contributed by atoms with Gasteiger partial charge < -0.3 is 10.2 Å². The zero-order chi connectivity index (χ0) is 20.2. The number of nitrogens with one attached hydrogen (secondary N) is 1. The van der Waals surface area contributed by atoms with E-state index in [9.17, 15) is 19.7 Å². The third kappa shape index (κ3) is 3.20. The highest BCUT2D eigenvalue weighted by Gasteiger charge is 2.56. The van der Waals surface area contributed by atoms with Crippen LogP contribution in [0.25, 0.3) is 0 Å². The fraction of sp³-hybridized carbons (Fsp3) is 0.636. The molecule has 1 aliphatic heterocycles. The Morgan fingerprint density at radius 1 is 1.03 bits per heavy atom. The monoisotopic (exact) mass is 397 g/mol. The molecule has 2 amide bonds. The molecule has 1 unspecified atom stereocenters. The first-order chi connectivity index (χ1) is 13.9. The van der Waals surface area contributed by atoms with E-state index in [0.717, 1.165) is 25.7 Å². The Hall–Kier alpha value is -2.44. The second kappa shape index (κ2) is 6.82. The van der Waals surface area contributed by atoms with E-state index in [0.29, 0.717) is 36.4 Å². The van der Waals surface area contributed by atoms with Gasteiger partial charge in [-0.1, -0.05) is 0 Å². The van der Waals surface area contributed by atoms with Crippen molar-refractivity contribution in [2.24, 2.45) is 23.2 Å². The summed E-state index contributed by atoms with van der Waals surface area (Å²) in [5.41, 5.74) is 0.280. The van der Waals surface area contributed by atoms with Gasteiger partial charge in [0, 0.05) is 24.4 Å². The van der Waals surface area contributed by atoms with Crippen LogP contribution in [-0.4, -0.2) is 34.2 Å². The van der Waals surface area contributed by atoms with E-state index in [1.165, 1.54) is 43.5 Å². The summed E-state index contributed by atoms with van der Waals surface area (Å²) in [6, 6.07) is 5.39. The summed E-state index contributed by atoms with van der Waals surface area (Å²) in [5, 5.41) is 13.7. The number of nitro groups is 1. The molecule has 6 rings (SSSR count). The Morgan fingerprint density at radius 3 is 2.17 bits per heavy atom. The van der Waals surface area contributed by atoms with Gasteiger partial charge in [-0.3, -0.25) is 19.7 Å². The van der Waals surface area contributed by atoms with E-state index in [1.807, 2.05) is 4.90 Å². The molecule has 1 atom stereocenters. The smallest absolute Gasteiger partial charge is 0.269 e. The molecule has 7 nitrogen and oxygen atoms in total. The number of hydrogen-bond acceptors (Lipinski definition) is 4. The number of carbonyl (C=O) groups is 2. The van der Waals surface area contributed by atoms with Gasteiger partial charge in [-0.05, 0) is 81.3 Å². The zero-order valence-corrected chi connectivity index (χ0v) is 16.5. The molecular weight excluding hydrogens is 370 g/mol. The fourth-order valence-electron chi connectivity index (χ4n) is 6.85. The highest BCUT2D eigenvalue weighted by molar-refractivity contribution is 5.98. The summed E-state index contributed by atoms with van der Waals surface area (Å²) in [7, 11) is 0. The van der Waals surface area contributed by atoms with E-state index in [1.54, 1.807) is 0 Å². The zero-order valence-electron chi connectivity index (χ0n) is 16.5. The van der Waals surface area contributed by atoms with Gasteiger partial charge in [0.05, 0.1) is 10.3 Å². The number of hydrogen-bond donors (Lipinski definition) is 1. The highest BCUT2D eigenvalue weighted by Crippen LogP contribution is 2.60. The van der Waals surface area contributed by atoms with Crippen molar-refractivity contribution in [3.05, 3.63) is 34.4 Å². The van der Waals surface area contributed by atoms with Gasteiger partial charge in [-0.15, -0.1) is 0 Å². The number of anilines is 1. The van der Waals surface area contributed by atoms with Gasteiger partial charge in [0.25, 0.3) is 5.69 Å². The summed E-state index contributed by atoms with van der Waals surface area (Å²) in [4.78, 5) is 38.8. The van der Waals surface area contributed by atoms with Crippen LogP contribution in [-0.2, 0) is 9.59 Å². The average molecular weight is 397 g/mol. The minimum absolute atomic E-state index is 0.0116.